The van der Waals surface area contributed by atoms with E-state index < -0.39 is 0 Å². The lowest BCUT2D eigenvalue weighted by molar-refractivity contribution is 0.568. The van der Waals surface area contributed by atoms with E-state index in [4.69, 9.17) is 4.98 Å². The minimum absolute atomic E-state index is 0.0132. The number of nitrogens with one attached hydrogen (secondary N) is 1. The molecule has 0 aliphatic heterocycles. The highest BCUT2D eigenvalue weighted by molar-refractivity contribution is 5.82. The average Bonchev–Trinajstić information content (AvgIpc) is 2.42. The molecule has 3 heteroatoms. The molecule has 0 aliphatic rings. The van der Waals surface area contributed by atoms with Crippen LogP contribution in [0.5, 0.6) is 0 Å². The first-order valence-electron chi connectivity index (χ1n) is 7.72. The number of halogens is 1. The number of unbranched alkanes of at least 4 members (excludes halogenated alkanes) is 1. The molecule has 1 aromatic carbocycles. The second-order valence-corrected chi connectivity index (χ2v) is 6.61. The van der Waals surface area contributed by atoms with Crippen molar-refractivity contribution >= 4 is 10.9 Å². The Morgan fingerprint density at radius 2 is 1.95 bits per heavy atom. The maximum Gasteiger partial charge on any atom is 0.123 e. The summed E-state index contributed by atoms with van der Waals surface area (Å²) in [5, 5.41) is 4.35. The molecule has 1 heterocycles. The van der Waals surface area contributed by atoms with Gasteiger partial charge in [0.15, 0.2) is 0 Å². The molecule has 0 fully saturated rings. The standard InChI is InChI=1S/C18H25FN2/c1-5-6-9-20-12-13-10-17(18(2,3)4)21-16-8-7-14(19)11-15(13)16/h7-8,10-11,20H,5-6,9,12H2,1-4H3. The van der Waals surface area contributed by atoms with Gasteiger partial charge in [0, 0.05) is 23.0 Å². The van der Waals surface area contributed by atoms with Crippen molar-refractivity contribution in [1.29, 1.82) is 0 Å². The normalized spacial score (nSPS) is 12.0. The summed E-state index contributed by atoms with van der Waals surface area (Å²) in [4.78, 5) is 4.70. The van der Waals surface area contributed by atoms with Crippen LogP contribution in [0.4, 0.5) is 4.39 Å². The lowest BCUT2D eigenvalue weighted by Crippen LogP contribution is -2.18. The Bertz CT molecular complexity index is 614. The summed E-state index contributed by atoms with van der Waals surface area (Å²) in [7, 11) is 0. The second kappa shape index (κ2) is 6.52. The molecule has 0 unspecified atom stereocenters. The van der Waals surface area contributed by atoms with Gasteiger partial charge < -0.3 is 5.32 Å². The third-order valence-corrected chi connectivity index (χ3v) is 3.65. The molecule has 2 nitrogen and oxygen atoms in total. The lowest BCUT2D eigenvalue weighted by Gasteiger charge is -2.20. The summed E-state index contributed by atoms with van der Waals surface area (Å²) in [6.07, 6.45) is 2.33. The Kier molecular flexibility index (Phi) is 4.94. The van der Waals surface area contributed by atoms with Gasteiger partial charge in [-0.25, -0.2) is 4.39 Å². The van der Waals surface area contributed by atoms with Gasteiger partial charge in [-0.1, -0.05) is 34.1 Å². The number of pyridine rings is 1. The molecule has 0 saturated carbocycles. The summed E-state index contributed by atoms with van der Waals surface area (Å²) >= 11 is 0. The van der Waals surface area contributed by atoms with E-state index in [9.17, 15) is 4.39 Å². The van der Waals surface area contributed by atoms with Gasteiger partial charge in [-0.05, 0) is 42.8 Å². The number of benzene rings is 1. The van der Waals surface area contributed by atoms with Crippen LogP contribution in [0.15, 0.2) is 24.3 Å². The van der Waals surface area contributed by atoms with Crippen molar-refractivity contribution < 1.29 is 4.39 Å². The first-order chi connectivity index (χ1) is 9.91. The zero-order chi connectivity index (χ0) is 15.5. The highest BCUT2D eigenvalue weighted by atomic mass is 19.1. The Hall–Kier alpha value is -1.48. The van der Waals surface area contributed by atoms with Crippen LogP contribution < -0.4 is 5.32 Å². The van der Waals surface area contributed by atoms with Crippen LogP contribution in [0.3, 0.4) is 0 Å². The number of fused-ring (bicyclic) bond motifs is 1. The van der Waals surface area contributed by atoms with Crippen LogP contribution >= 0.6 is 0 Å². The molecule has 114 valence electrons. The summed E-state index contributed by atoms with van der Waals surface area (Å²) in [5.74, 6) is -0.206. The first-order valence-corrected chi connectivity index (χ1v) is 7.72. The SMILES string of the molecule is CCCCNCc1cc(C(C)(C)C)nc2ccc(F)cc12. The van der Waals surface area contributed by atoms with Crippen LogP contribution in [-0.4, -0.2) is 11.5 Å². The quantitative estimate of drug-likeness (QED) is 0.816. The van der Waals surface area contributed by atoms with Crippen molar-refractivity contribution in [2.24, 2.45) is 0 Å². The summed E-state index contributed by atoms with van der Waals surface area (Å²) in [6, 6.07) is 6.96. The monoisotopic (exact) mass is 288 g/mol. The first kappa shape index (κ1) is 15.9. The Labute approximate surface area is 126 Å². The predicted molar refractivity (Wildman–Crippen MR) is 87.0 cm³/mol. The molecule has 0 spiro atoms. The van der Waals surface area contributed by atoms with Gasteiger partial charge >= 0.3 is 0 Å². The predicted octanol–water partition coefficient (Wildman–Crippen LogP) is 4.56. The Balaban J connectivity index is 2.40. The van der Waals surface area contributed by atoms with E-state index in [1.54, 1.807) is 12.1 Å². The van der Waals surface area contributed by atoms with E-state index in [1.165, 1.54) is 12.5 Å². The largest absolute Gasteiger partial charge is 0.313 e. The van der Waals surface area contributed by atoms with Gasteiger partial charge in [-0.3, -0.25) is 4.98 Å². The van der Waals surface area contributed by atoms with E-state index in [2.05, 4.69) is 39.1 Å². The maximum absolute atomic E-state index is 13.5. The van der Waals surface area contributed by atoms with Gasteiger partial charge in [-0.15, -0.1) is 0 Å². The van der Waals surface area contributed by atoms with E-state index >= 15 is 0 Å². The molecule has 0 amide bonds. The number of aromatic nitrogens is 1. The Morgan fingerprint density at radius 3 is 2.62 bits per heavy atom. The fraction of sp³-hybridized carbons (Fsp3) is 0.500. The average molecular weight is 288 g/mol. The molecular weight excluding hydrogens is 263 g/mol. The van der Waals surface area contributed by atoms with Crippen LogP contribution in [0.2, 0.25) is 0 Å². The fourth-order valence-electron chi connectivity index (χ4n) is 2.32. The number of hydrogen-bond acceptors (Lipinski definition) is 2. The van der Waals surface area contributed by atoms with Gasteiger partial charge in [-0.2, -0.15) is 0 Å². The molecule has 2 rings (SSSR count). The molecule has 1 aromatic heterocycles. The highest BCUT2D eigenvalue weighted by Gasteiger charge is 2.18. The van der Waals surface area contributed by atoms with Crippen molar-refractivity contribution in [1.82, 2.24) is 10.3 Å². The lowest BCUT2D eigenvalue weighted by atomic mass is 9.90. The van der Waals surface area contributed by atoms with E-state index in [0.717, 1.165) is 41.7 Å². The molecular formula is C18H25FN2. The van der Waals surface area contributed by atoms with Gasteiger partial charge in [0.1, 0.15) is 5.82 Å². The fourth-order valence-corrected chi connectivity index (χ4v) is 2.32. The van der Waals surface area contributed by atoms with Crippen LogP contribution in [0.25, 0.3) is 10.9 Å². The third-order valence-electron chi connectivity index (χ3n) is 3.65. The van der Waals surface area contributed by atoms with Crippen molar-refractivity contribution in [2.75, 3.05) is 6.54 Å². The third kappa shape index (κ3) is 4.01. The van der Waals surface area contributed by atoms with E-state index in [-0.39, 0.29) is 11.2 Å². The number of rotatable bonds is 5. The zero-order valence-electron chi connectivity index (χ0n) is 13.5. The van der Waals surface area contributed by atoms with E-state index in [1.807, 2.05) is 0 Å². The number of nitrogens with zero attached hydrogens (tertiary/aromatic N) is 1. The van der Waals surface area contributed by atoms with Crippen LogP contribution in [-0.2, 0) is 12.0 Å². The summed E-state index contributed by atoms with van der Waals surface area (Å²) in [5.41, 5.74) is 3.03. The molecule has 0 atom stereocenters. The van der Waals surface area contributed by atoms with Crippen molar-refractivity contribution in [3.05, 3.63) is 41.3 Å². The van der Waals surface area contributed by atoms with Gasteiger partial charge in [0.05, 0.1) is 5.52 Å². The van der Waals surface area contributed by atoms with Gasteiger partial charge in [0.25, 0.3) is 0 Å². The van der Waals surface area contributed by atoms with Crippen LogP contribution in [0, 0.1) is 5.82 Å². The molecule has 21 heavy (non-hydrogen) atoms. The minimum atomic E-state index is -0.206. The zero-order valence-corrected chi connectivity index (χ0v) is 13.5. The van der Waals surface area contributed by atoms with Crippen molar-refractivity contribution in [3.8, 4) is 0 Å². The molecule has 2 aromatic rings. The highest BCUT2D eigenvalue weighted by Crippen LogP contribution is 2.26. The van der Waals surface area contributed by atoms with E-state index in [0.29, 0.717) is 0 Å². The molecule has 0 bridgehead atoms. The molecule has 0 aliphatic carbocycles. The van der Waals surface area contributed by atoms with Gasteiger partial charge in [0.2, 0.25) is 0 Å². The molecule has 0 saturated heterocycles. The summed E-state index contributed by atoms with van der Waals surface area (Å²) < 4.78 is 13.5. The van der Waals surface area contributed by atoms with Crippen molar-refractivity contribution in [3.63, 3.8) is 0 Å². The maximum atomic E-state index is 13.5. The second-order valence-electron chi connectivity index (χ2n) is 6.61. The summed E-state index contributed by atoms with van der Waals surface area (Å²) in [6.45, 7) is 10.4. The smallest absolute Gasteiger partial charge is 0.123 e. The molecule has 1 N–H and O–H groups in total. The minimum Gasteiger partial charge on any atom is -0.313 e. The number of hydrogen-bond donors (Lipinski definition) is 1. The molecule has 0 radical (unpaired) electrons. The topological polar surface area (TPSA) is 24.9 Å². The van der Waals surface area contributed by atoms with Crippen LogP contribution in [0.1, 0.15) is 51.8 Å². The van der Waals surface area contributed by atoms with Crippen molar-refractivity contribution in [2.45, 2.75) is 52.5 Å². The Morgan fingerprint density at radius 1 is 1.19 bits per heavy atom.